The van der Waals surface area contributed by atoms with E-state index < -0.39 is 5.76 Å². The molecule has 22 heavy (non-hydrogen) atoms. The number of rotatable bonds is 6. The summed E-state index contributed by atoms with van der Waals surface area (Å²) in [5.41, 5.74) is 1.13. The Hall–Kier alpha value is -2.76. The largest absolute Gasteiger partial charge is 0.420 e. The molecule has 0 radical (unpaired) electrons. The van der Waals surface area contributed by atoms with Gasteiger partial charge in [0, 0.05) is 25.5 Å². The normalized spacial score (nSPS) is 10.9. The van der Waals surface area contributed by atoms with E-state index in [4.69, 9.17) is 4.42 Å². The molecule has 0 bridgehead atoms. The van der Waals surface area contributed by atoms with Crippen LogP contribution in [-0.2, 0) is 17.9 Å². The third kappa shape index (κ3) is 3.11. The Morgan fingerprint density at radius 3 is 2.73 bits per heavy atom. The molecule has 0 saturated carbocycles. The molecule has 2 heterocycles. The van der Waals surface area contributed by atoms with Crippen LogP contribution in [0.15, 0.2) is 58.0 Å². The summed E-state index contributed by atoms with van der Waals surface area (Å²) in [6.07, 6.45) is 4.80. The highest BCUT2D eigenvalue weighted by molar-refractivity contribution is 5.79. The first-order valence-electron chi connectivity index (χ1n) is 7.20. The quantitative estimate of drug-likeness (QED) is 0.703. The Labute approximate surface area is 127 Å². The van der Waals surface area contributed by atoms with Crippen LogP contribution in [0.3, 0.4) is 0 Å². The lowest BCUT2D eigenvalue weighted by Crippen LogP contribution is -2.31. The zero-order valence-electron chi connectivity index (χ0n) is 12.1. The SMILES string of the molecule is O=C(Cn1c(=O)oc2ccccc21)NCCCn1cccc1. The van der Waals surface area contributed by atoms with Crippen molar-refractivity contribution in [2.45, 2.75) is 19.5 Å². The van der Waals surface area contributed by atoms with E-state index in [1.807, 2.05) is 30.6 Å². The van der Waals surface area contributed by atoms with Crippen LogP contribution >= 0.6 is 0 Å². The van der Waals surface area contributed by atoms with Gasteiger partial charge in [0.25, 0.3) is 0 Å². The van der Waals surface area contributed by atoms with Crippen molar-refractivity contribution in [1.29, 1.82) is 0 Å². The molecule has 0 aliphatic heterocycles. The molecular formula is C16H17N3O3. The number of fused-ring (bicyclic) bond motifs is 1. The summed E-state index contributed by atoms with van der Waals surface area (Å²) < 4.78 is 8.50. The Balaban J connectivity index is 1.55. The molecule has 6 heteroatoms. The van der Waals surface area contributed by atoms with Gasteiger partial charge in [-0.2, -0.15) is 0 Å². The van der Waals surface area contributed by atoms with E-state index in [0.29, 0.717) is 17.6 Å². The molecule has 1 amide bonds. The van der Waals surface area contributed by atoms with E-state index in [2.05, 4.69) is 9.88 Å². The fourth-order valence-corrected chi connectivity index (χ4v) is 2.37. The van der Waals surface area contributed by atoms with Crippen LogP contribution in [0.2, 0.25) is 0 Å². The molecule has 3 aromatic rings. The maximum Gasteiger partial charge on any atom is 0.420 e. The smallest absolute Gasteiger partial charge is 0.408 e. The number of oxazole rings is 1. The second-order valence-corrected chi connectivity index (χ2v) is 5.05. The molecule has 1 aromatic carbocycles. The van der Waals surface area contributed by atoms with Crippen molar-refractivity contribution >= 4 is 17.0 Å². The van der Waals surface area contributed by atoms with Crippen molar-refractivity contribution in [2.75, 3.05) is 6.54 Å². The first-order chi connectivity index (χ1) is 10.7. The van der Waals surface area contributed by atoms with Gasteiger partial charge >= 0.3 is 5.76 Å². The van der Waals surface area contributed by atoms with Crippen LogP contribution in [0.5, 0.6) is 0 Å². The fourth-order valence-electron chi connectivity index (χ4n) is 2.37. The maximum absolute atomic E-state index is 11.9. The van der Waals surface area contributed by atoms with Crippen molar-refractivity contribution < 1.29 is 9.21 Å². The monoisotopic (exact) mass is 299 g/mol. The van der Waals surface area contributed by atoms with Gasteiger partial charge in [0.2, 0.25) is 5.91 Å². The van der Waals surface area contributed by atoms with E-state index in [1.54, 1.807) is 18.2 Å². The van der Waals surface area contributed by atoms with Crippen LogP contribution in [-0.4, -0.2) is 21.6 Å². The highest BCUT2D eigenvalue weighted by Crippen LogP contribution is 2.11. The lowest BCUT2D eigenvalue weighted by molar-refractivity contribution is -0.121. The summed E-state index contributed by atoms with van der Waals surface area (Å²) in [5, 5.41) is 2.82. The predicted octanol–water partition coefficient (Wildman–Crippen LogP) is 1.60. The first-order valence-corrected chi connectivity index (χ1v) is 7.20. The standard InChI is InChI=1S/C16H17N3O3/c20-15(17-8-5-11-18-9-3-4-10-18)12-19-13-6-1-2-7-14(13)22-16(19)21/h1-4,6-7,9-10H,5,8,11-12H2,(H,17,20). The molecule has 1 N–H and O–H groups in total. The Bertz CT molecular complexity index is 815. The zero-order chi connectivity index (χ0) is 15.4. The number of benzene rings is 1. The molecule has 0 fully saturated rings. The predicted molar refractivity (Wildman–Crippen MR) is 82.5 cm³/mol. The number of hydrogen-bond acceptors (Lipinski definition) is 3. The fraction of sp³-hybridized carbons (Fsp3) is 0.250. The van der Waals surface area contributed by atoms with E-state index in [9.17, 15) is 9.59 Å². The number of aryl methyl sites for hydroxylation is 1. The summed E-state index contributed by atoms with van der Waals surface area (Å²) in [5.74, 6) is -0.704. The third-order valence-corrected chi connectivity index (χ3v) is 3.46. The van der Waals surface area contributed by atoms with Crippen molar-refractivity contribution in [3.8, 4) is 0 Å². The van der Waals surface area contributed by atoms with Crippen molar-refractivity contribution in [2.24, 2.45) is 0 Å². The van der Waals surface area contributed by atoms with Crippen LogP contribution in [0.4, 0.5) is 0 Å². The minimum atomic E-state index is -0.510. The number of aromatic nitrogens is 2. The average Bonchev–Trinajstić information content (AvgIpc) is 3.13. The molecule has 0 aliphatic carbocycles. The minimum absolute atomic E-state index is 0.0284. The van der Waals surface area contributed by atoms with E-state index >= 15 is 0 Å². The van der Waals surface area contributed by atoms with Gasteiger partial charge in [-0.05, 0) is 30.7 Å². The van der Waals surface area contributed by atoms with Gasteiger partial charge in [-0.25, -0.2) is 4.79 Å². The summed E-state index contributed by atoms with van der Waals surface area (Å²) >= 11 is 0. The second-order valence-electron chi connectivity index (χ2n) is 5.05. The molecule has 0 saturated heterocycles. The molecule has 6 nitrogen and oxygen atoms in total. The molecule has 2 aromatic heterocycles. The zero-order valence-corrected chi connectivity index (χ0v) is 12.1. The molecule has 0 unspecified atom stereocenters. The Kier molecular flexibility index (Phi) is 4.09. The summed E-state index contributed by atoms with van der Waals surface area (Å²) in [4.78, 5) is 23.7. The summed E-state index contributed by atoms with van der Waals surface area (Å²) in [7, 11) is 0. The van der Waals surface area contributed by atoms with Gasteiger partial charge in [0.1, 0.15) is 6.54 Å². The van der Waals surface area contributed by atoms with E-state index in [0.717, 1.165) is 13.0 Å². The van der Waals surface area contributed by atoms with Gasteiger partial charge in [-0.3, -0.25) is 9.36 Å². The van der Waals surface area contributed by atoms with Crippen LogP contribution in [0.25, 0.3) is 11.1 Å². The van der Waals surface area contributed by atoms with Gasteiger partial charge in [0.05, 0.1) is 5.52 Å². The average molecular weight is 299 g/mol. The van der Waals surface area contributed by atoms with Crippen LogP contribution < -0.4 is 11.1 Å². The number of para-hydroxylation sites is 2. The number of carbonyl (C=O) groups excluding carboxylic acids is 1. The van der Waals surface area contributed by atoms with E-state index in [-0.39, 0.29) is 12.5 Å². The van der Waals surface area contributed by atoms with Crippen molar-refractivity contribution in [3.63, 3.8) is 0 Å². The minimum Gasteiger partial charge on any atom is -0.408 e. The first kappa shape index (κ1) is 14.2. The van der Waals surface area contributed by atoms with Gasteiger partial charge in [-0.15, -0.1) is 0 Å². The van der Waals surface area contributed by atoms with Gasteiger partial charge in [0.15, 0.2) is 5.58 Å². The third-order valence-electron chi connectivity index (χ3n) is 3.46. The highest BCUT2D eigenvalue weighted by Gasteiger charge is 2.11. The van der Waals surface area contributed by atoms with Crippen molar-refractivity contribution in [3.05, 3.63) is 59.3 Å². The number of nitrogens with zero attached hydrogens (tertiary/aromatic N) is 2. The molecule has 3 rings (SSSR count). The van der Waals surface area contributed by atoms with E-state index in [1.165, 1.54) is 4.57 Å². The maximum atomic E-state index is 11.9. The van der Waals surface area contributed by atoms with Crippen molar-refractivity contribution in [1.82, 2.24) is 14.5 Å². The van der Waals surface area contributed by atoms with Gasteiger partial charge < -0.3 is 14.3 Å². The summed E-state index contributed by atoms with van der Waals surface area (Å²) in [6.45, 7) is 1.39. The summed E-state index contributed by atoms with van der Waals surface area (Å²) in [6, 6.07) is 11.0. The Morgan fingerprint density at radius 1 is 1.14 bits per heavy atom. The lowest BCUT2D eigenvalue weighted by Gasteiger charge is -2.06. The van der Waals surface area contributed by atoms with Crippen LogP contribution in [0, 0.1) is 0 Å². The highest BCUT2D eigenvalue weighted by atomic mass is 16.4. The molecule has 0 aliphatic rings. The number of amides is 1. The molecular weight excluding hydrogens is 282 g/mol. The van der Waals surface area contributed by atoms with Crippen LogP contribution in [0.1, 0.15) is 6.42 Å². The number of nitrogens with one attached hydrogen (secondary N) is 1. The molecule has 114 valence electrons. The number of carbonyl (C=O) groups is 1. The number of hydrogen-bond donors (Lipinski definition) is 1. The molecule has 0 spiro atoms. The Morgan fingerprint density at radius 2 is 1.91 bits per heavy atom. The topological polar surface area (TPSA) is 69.2 Å². The molecule has 0 atom stereocenters. The second kappa shape index (κ2) is 6.34. The van der Waals surface area contributed by atoms with Gasteiger partial charge in [-0.1, -0.05) is 12.1 Å². The lowest BCUT2D eigenvalue weighted by atomic mass is 10.3.